The van der Waals surface area contributed by atoms with Gasteiger partial charge in [0.2, 0.25) is 15.9 Å². The van der Waals surface area contributed by atoms with Crippen molar-refractivity contribution in [3.63, 3.8) is 0 Å². The third kappa shape index (κ3) is 5.68. The summed E-state index contributed by atoms with van der Waals surface area (Å²) in [6.07, 6.45) is 2.86. The summed E-state index contributed by atoms with van der Waals surface area (Å²) in [5.41, 5.74) is 0.983. The maximum atomic E-state index is 13.0. The van der Waals surface area contributed by atoms with Gasteiger partial charge in [0.1, 0.15) is 6.04 Å². The summed E-state index contributed by atoms with van der Waals surface area (Å²) in [7, 11) is -3.72. The van der Waals surface area contributed by atoms with E-state index in [-0.39, 0.29) is 24.4 Å². The second-order valence-electron chi connectivity index (χ2n) is 6.35. The summed E-state index contributed by atoms with van der Waals surface area (Å²) in [6.45, 7) is 5.57. The number of nitrogens with one attached hydrogen (secondary N) is 2. The molecular formula is C21H25N3O4S. The molecule has 0 saturated heterocycles. The molecule has 7 nitrogen and oxygen atoms in total. The van der Waals surface area contributed by atoms with E-state index in [2.05, 4.69) is 17.2 Å². The van der Waals surface area contributed by atoms with Gasteiger partial charge in [-0.05, 0) is 30.7 Å². The standard InChI is InChI=1S/C21H25N3O4S/c1-4-15-22-20(25)17-13-9-10-14-18(17)23-21(26)19(5-2)24(29(3,27)28)16-11-7-6-8-12-16/h4,6-14,19H,1,5,15H2,2-3H3,(H,22,25)(H,23,26)/t19-/m0/s1. The highest BCUT2D eigenvalue weighted by Gasteiger charge is 2.31. The lowest BCUT2D eigenvalue weighted by molar-refractivity contribution is -0.117. The minimum atomic E-state index is -3.72. The van der Waals surface area contributed by atoms with Crippen LogP contribution in [0.5, 0.6) is 0 Å². The van der Waals surface area contributed by atoms with Gasteiger partial charge in [0.25, 0.3) is 5.91 Å². The monoisotopic (exact) mass is 415 g/mol. The summed E-state index contributed by atoms with van der Waals surface area (Å²) in [6, 6.07) is 14.0. The summed E-state index contributed by atoms with van der Waals surface area (Å²) >= 11 is 0. The largest absolute Gasteiger partial charge is 0.349 e. The van der Waals surface area contributed by atoms with Crippen LogP contribution in [-0.4, -0.2) is 39.1 Å². The van der Waals surface area contributed by atoms with Gasteiger partial charge in [-0.3, -0.25) is 13.9 Å². The highest BCUT2D eigenvalue weighted by Crippen LogP contribution is 2.23. The fourth-order valence-corrected chi connectivity index (χ4v) is 4.11. The fraction of sp³-hybridized carbons (Fsp3) is 0.238. The number of carbonyl (C=O) groups is 2. The second kappa shape index (κ2) is 9.88. The predicted molar refractivity (Wildman–Crippen MR) is 115 cm³/mol. The van der Waals surface area contributed by atoms with E-state index >= 15 is 0 Å². The van der Waals surface area contributed by atoms with Crippen molar-refractivity contribution in [2.45, 2.75) is 19.4 Å². The van der Waals surface area contributed by atoms with Gasteiger partial charge in [-0.15, -0.1) is 6.58 Å². The minimum absolute atomic E-state index is 0.249. The number of carbonyl (C=O) groups excluding carboxylic acids is 2. The van der Waals surface area contributed by atoms with E-state index in [0.717, 1.165) is 10.6 Å². The first-order chi connectivity index (χ1) is 13.8. The molecule has 2 aromatic carbocycles. The van der Waals surface area contributed by atoms with Gasteiger partial charge in [-0.25, -0.2) is 8.42 Å². The van der Waals surface area contributed by atoms with Gasteiger partial charge in [0.05, 0.1) is 23.2 Å². The molecule has 0 saturated carbocycles. The van der Waals surface area contributed by atoms with E-state index in [1.807, 2.05) is 0 Å². The maximum Gasteiger partial charge on any atom is 0.253 e. The molecule has 2 amide bonds. The van der Waals surface area contributed by atoms with Crippen LogP contribution in [0.1, 0.15) is 23.7 Å². The van der Waals surface area contributed by atoms with Gasteiger partial charge in [-0.2, -0.15) is 0 Å². The SMILES string of the molecule is C=CCNC(=O)c1ccccc1NC(=O)[C@H](CC)N(c1ccccc1)S(C)(=O)=O. The smallest absolute Gasteiger partial charge is 0.253 e. The van der Waals surface area contributed by atoms with E-state index < -0.39 is 22.0 Å². The first-order valence-electron chi connectivity index (χ1n) is 9.13. The van der Waals surface area contributed by atoms with Gasteiger partial charge < -0.3 is 10.6 Å². The third-order valence-corrected chi connectivity index (χ3v) is 5.36. The summed E-state index contributed by atoms with van der Waals surface area (Å²) in [5.74, 6) is -0.886. The Morgan fingerprint density at radius 1 is 1.10 bits per heavy atom. The first-order valence-corrected chi connectivity index (χ1v) is 11.0. The Hall–Kier alpha value is -3.13. The van der Waals surface area contributed by atoms with Crippen LogP contribution in [0.2, 0.25) is 0 Å². The molecule has 0 aliphatic carbocycles. The van der Waals surface area contributed by atoms with Gasteiger partial charge in [0, 0.05) is 6.54 Å². The molecule has 1 atom stereocenters. The predicted octanol–water partition coefficient (Wildman–Crippen LogP) is 2.79. The number of sulfonamides is 1. The third-order valence-electron chi connectivity index (χ3n) is 4.18. The Labute approximate surface area is 171 Å². The van der Waals surface area contributed by atoms with E-state index in [1.165, 1.54) is 0 Å². The molecule has 154 valence electrons. The van der Waals surface area contributed by atoms with Crippen molar-refractivity contribution in [3.8, 4) is 0 Å². The lowest BCUT2D eigenvalue weighted by Gasteiger charge is -2.30. The Balaban J connectivity index is 2.35. The van der Waals surface area contributed by atoms with E-state index in [4.69, 9.17) is 0 Å². The van der Waals surface area contributed by atoms with Crippen molar-refractivity contribution >= 4 is 33.2 Å². The van der Waals surface area contributed by atoms with Crippen LogP contribution in [0, 0.1) is 0 Å². The Morgan fingerprint density at radius 3 is 2.31 bits per heavy atom. The number of rotatable bonds is 9. The first kappa shape index (κ1) is 22.2. The Bertz CT molecular complexity index is 974. The molecule has 29 heavy (non-hydrogen) atoms. The molecule has 2 N–H and O–H groups in total. The summed E-state index contributed by atoms with van der Waals surface area (Å²) in [4.78, 5) is 25.4. The molecule has 0 unspecified atom stereocenters. The van der Waals surface area contributed by atoms with E-state index in [1.54, 1.807) is 67.6 Å². The molecule has 2 aromatic rings. The van der Waals surface area contributed by atoms with Gasteiger partial charge in [0.15, 0.2) is 0 Å². The van der Waals surface area contributed by atoms with Crippen LogP contribution in [-0.2, 0) is 14.8 Å². The number of para-hydroxylation sites is 2. The zero-order valence-corrected chi connectivity index (χ0v) is 17.3. The number of hydrogen-bond donors (Lipinski definition) is 2. The van der Waals surface area contributed by atoms with Crippen LogP contribution in [0.15, 0.2) is 67.3 Å². The number of hydrogen-bond acceptors (Lipinski definition) is 4. The van der Waals surface area contributed by atoms with Crippen LogP contribution in [0.25, 0.3) is 0 Å². The second-order valence-corrected chi connectivity index (χ2v) is 8.21. The molecule has 0 fully saturated rings. The fourth-order valence-electron chi connectivity index (χ4n) is 2.90. The number of anilines is 2. The molecule has 0 spiro atoms. The Morgan fingerprint density at radius 2 is 1.72 bits per heavy atom. The summed E-state index contributed by atoms with van der Waals surface area (Å²) < 4.78 is 26.0. The lowest BCUT2D eigenvalue weighted by Crippen LogP contribution is -2.47. The van der Waals surface area contributed by atoms with Crippen molar-refractivity contribution in [1.29, 1.82) is 0 Å². The van der Waals surface area contributed by atoms with Crippen LogP contribution >= 0.6 is 0 Å². The Kier molecular flexibility index (Phi) is 7.55. The molecule has 0 heterocycles. The average Bonchev–Trinajstić information content (AvgIpc) is 2.70. The van der Waals surface area contributed by atoms with E-state index in [0.29, 0.717) is 11.4 Å². The zero-order valence-electron chi connectivity index (χ0n) is 16.5. The molecule has 0 aromatic heterocycles. The van der Waals surface area contributed by atoms with Crippen molar-refractivity contribution in [2.75, 3.05) is 22.4 Å². The molecule has 2 rings (SSSR count). The number of benzene rings is 2. The normalized spacial score (nSPS) is 11.9. The van der Waals surface area contributed by atoms with E-state index in [9.17, 15) is 18.0 Å². The van der Waals surface area contributed by atoms with Crippen molar-refractivity contribution < 1.29 is 18.0 Å². The van der Waals surface area contributed by atoms with Crippen LogP contribution < -0.4 is 14.9 Å². The highest BCUT2D eigenvalue weighted by molar-refractivity contribution is 7.92. The van der Waals surface area contributed by atoms with Gasteiger partial charge in [-0.1, -0.05) is 43.3 Å². The van der Waals surface area contributed by atoms with Crippen LogP contribution in [0.4, 0.5) is 11.4 Å². The lowest BCUT2D eigenvalue weighted by atomic mass is 10.1. The van der Waals surface area contributed by atoms with Crippen molar-refractivity contribution in [1.82, 2.24) is 5.32 Å². The van der Waals surface area contributed by atoms with Gasteiger partial charge >= 0.3 is 0 Å². The quantitative estimate of drug-likeness (QED) is 0.616. The molecule has 0 aliphatic rings. The molecule has 0 radical (unpaired) electrons. The van der Waals surface area contributed by atoms with Crippen molar-refractivity contribution in [2.24, 2.45) is 0 Å². The zero-order chi connectivity index (χ0) is 21.4. The van der Waals surface area contributed by atoms with Crippen LogP contribution in [0.3, 0.4) is 0 Å². The number of nitrogens with zero attached hydrogens (tertiary/aromatic N) is 1. The molecule has 0 bridgehead atoms. The molecule has 8 heteroatoms. The number of amides is 2. The average molecular weight is 416 g/mol. The highest BCUT2D eigenvalue weighted by atomic mass is 32.2. The summed E-state index contributed by atoms with van der Waals surface area (Å²) in [5, 5.41) is 5.37. The molecular weight excluding hydrogens is 390 g/mol. The topological polar surface area (TPSA) is 95.6 Å². The molecule has 0 aliphatic heterocycles. The van der Waals surface area contributed by atoms with Crippen molar-refractivity contribution in [3.05, 3.63) is 72.8 Å². The maximum absolute atomic E-state index is 13.0. The minimum Gasteiger partial charge on any atom is -0.349 e.